The molecule has 1 amide bonds. The average molecular weight is 306 g/mol. The van der Waals surface area contributed by atoms with Gasteiger partial charge in [0.05, 0.1) is 5.69 Å². The third-order valence-corrected chi connectivity index (χ3v) is 3.59. The molecule has 0 aromatic carbocycles. The van der Waals surface area contributed by atoms with Gasteiger partial charge >= 0.3 is 6.09 Å². The number of nitrogens with zero attached hydrogens (tertiary/aromatic N) is 2. The smallest absolute Gasteiger partial charge is 0.410 e. The van der Waals surface area contributed by atoms with Gasteiger partial charge in [0.15, 0.2) is 0 Å². The van der Waals surface area contributed by atoms with Crippen LogP contribution in [0.5, 0.6) is 0 Å². The molecule has 22 heavy (non-hydrogen) atoms. The zero-order valence-corrected chi connectivity index (χ0v) is 13.6. The van der Waals surface area contributed by atoms with Crippen molar-refractivity contribution in [2.45, 2.75) is 39.2 Å². The van der Waals surface area contributed by atoms with Gasteiger partial charge in [0.25, 0.3) is 0 Å². The number of hydrogen-bond acceptors (Lipinski definition) is 5. The Kier molecular flexibility index (Phi) is 5.11. The minimum absolute atomic E-state index is 0.224. The first-order valence-electron chi connectivity index (χ1n) is 7.77. The Hall–Kier alpha value is -1.98. The Morgan fingerprint density at radius 1 is 1.55 bits per heavy atom. The Bertz CT molecular complexity index is 513. The molecule has 0 saturated carbocycles. The van der Waals surface area contributed by atoms with E-state index in [2.05, 4.69) is 10.3 Å². The van der Waals surface area contributed by atoms with E-state index in [1.165, 1.54) is 0 Å². The first-order chi connectivity index (χ1) is 10.3. The molecular weight excluding hydrogens is 280 g/mol. The molecule has 1 unspecified atom stereocenters. The van der Waals surface area contributed by atoms with Crippen molar-refractivity contribution in [3.05, 3.63) is 18.3 Å². The second-order valence-corrected chi connectivity index (χ2v) is 6.75. The van der Waals surface area contributed by atoms with Gasteiger partial charge in [0, 0.05) is 25.8 Å². The number of nitrogen functional groups attached to an aromatic ring is 1. The van der Waals surface area contributed by atoms with Gasteiger partial charge in [-0.3, -0.25) is 0 Å². The van der Waals surface area contributed by atoms with E-state index in [9.17, 15) is 4.79 Å². The molecule has 0 radical (unpaired) electrons. The number of pyridine rings is 1. The molecule has 3 N–H and O–H groups in total. The lowest BCUT2D eigenvalue weighted by atomic mass is 9.98. The van der Waals surface area contributed by atoms with Crippen LogP contribution in [-0.4, -0.2) is 41.2 Å². The summed E-state index contributed by atoms with van der Waals surface area (Å²) in [6, 6.07) is 3.77. The third-order valence-electron chi connectivity index (χ3n) is 3.59. The standard InChI is InChI=1S/C16H26N4O2/c1-16(2,3)22-15(21)20-9-5-6-12(11-20)10-19-13-7-4-8-18-14(13)17/h4,7-8,12,19H,5-6,9-11H2,1-3H3,(H2,17,18). The van der Waals surface area contributed by atoms with Crippen molar-refractivity contribution in [3.8, 4) is 0 Å². The van der Waals surface area contributed by atoms with E-state index in [1.54, 1.807) is 11.1 Å². The van der Waals surface area contributed by atoms with Crippen molar-refractivity contribution in [1.29, 1.82) is 0 Å². The lowest BCUT2D eigenvalue weighted by Gasteiger charge is -2.34. The van der Waals surface area contributed by atoms with Gasteiger partial charge in [-0.2, -0.15) is 0 Å². The van der Waals surface area contributed by atoms with E-state index in [1.807, 2.05) is 32.9 Å². The molecule has 1 aliphatic heterocycles. The zero-order chi connectivity index (χ0) is 16.2. The fourth-order valence-corrected chi connectivity index (χ4v) is 2.55. The van der Waals surface area contributed by atoms with E-state index in [0.29, 0.717) is 18.3 Å². The summed E-state index contributed by atoms with van der Waals surface area (Å²) in [6.07, 6.45) is 3.53. The molecule has 1 aromatic rings. The minimum Gasteiger partial charge on any atom is -0.444 e. The summed E-state index contributed by atoms with van der Waals surface area (Å²) in [6.45, 7) is 7.91. The van der Waals surface area contributed by atoms with Crippen LogP contribution in [0, 0.1) is 5.92 Å². The summed E-state index contributed by atoms with van der Waals surface area (Å²) in [5.41, 5.74) is 6.22. The Morgan fingerprint density at radius 3 is 3.00 bits per heavy atom. The number of amides is 1. The molecular formula is C16H26N4O2. The number of carbonyl (C=O) groups is 1. The number of anilines is 2. The highest BCUT2D eigenvalue weighted by molar-refractivity contribution is 5.68. The summed E-state index contributed by atoms with van der Waals surface area (Å²) in [4.78, 5) is 18.0. The molecule has 1 fully saturated rings. The molecule has 122 valence electrons. The molecule has 2 rings (SSSR count). The van der Waals surface area contributed by atoms with Gasteiger partial charge in [-0.25, -0.2) is 9.78 Å². The molecule has 0 bridgehead atoms. The van der Waals surface area contributed by atoms with Crippen LogP contribution in [0.2, 0.25) is 0 Å². The van der Waals surface area contributed by atoms with E-state index < -0.39 is 5.60 Å². The first kappa shape index (κ1) is 16.4. The van der Waals surface area contributed by atoms with Crippen LogP contribution in [0.15, 0.2) is 18.3 Å². The maximum Gasteiger partial charge on any atom is 0.410 e. The maximum absolute atomic E-state index is 12.1. The van der Waals surface area contributed by atoms with Crippen molar-refractivity contribution in [3.63, 3.8) is 0 Å². The summed E-state index contributed by atoms with van der Waals surface area (Å²) in [5, 5.41) is 3.32. The fraction of sp³-hybridized carbons (Fsp3) is 0.625. The van der Waals surface area contributed by atoms with Crippen LogP contribution < -0.4 is 11.1 Å². The van der Waals surface area contributed by atoms with E-state index in [-0.39, 0.29) is 6.09 Å². The lowest BCUT2D eigenvalue weighted by molar-refractivity contribution is 0.0172. The average Bonchev–Trinajstić information content (AvgIpc) is 2.45. The molecule has 1 aromatic heterocycles. The van der Waals surface area contributed by atoms with Crippen LogP contribution in [0.1, 0.15) is 33.6 Å². The van der Waals surface area contributed by atoms with Crippen molar-refractivity contribution in [2.75, 3.05) is 30.7 Å². The zero-order valence-electron chi connectivity index (χ0n) is 13.6. The number of aromatic nitrogens is 1. The van der Waals surface area contributed by atoms with Gasteiger partial charge in [-0.15, -0.1) is 0 Å². The number of rotatable bonds is 3. The van der Waals surface area contributed by atoms with Crippen molar-refractivity contribution in [1.82, 2.24) is 9.88 Å². The monoisotopic (exact) mass is 306 g/mol. The summed E-state index contributed by atoms with van der Waals surface area (Å²) >= 11 is 0. The second-order valence-electron chi connectivity index (χ2n) is 6.75. The van der Waals surface area contributed by atoms with E-state index in [4.69, 9.17) is 10.5 Å². The highest BCUT2D eigenvalue weighted by atomic mass is 16.6. The second kappa shape index (κ2) is 6.85. The van der Waals surface area contributed by atoms with E-state index in [0.717, 1.165) is 31.6 Å². The predicted octanol–water partition coefficient (Wildman–Crippen LogP) is 2.72. The minimum atomic E-state index is -0.452. The molecule has 2 heterocycles. The van der Waals surface area contributed by atoms with Crippen molar-refractivity contribution in [2.24, 2.45) is 5.92 Å². The molecule has 1 atom stereocenters. The number of hydrogen-bond donors (Lipinski definition) is 2. The molecule has 0 aliphatic carbocycles. The van der Waals surface area contributed by atoms with Crippen LogP contribution in [0.25, 0.3) is 0 Å². The van der Waals surface area contributed by atoms with Gasteiger partial charge in [0.2, 0.25) is 0 Å². The van der Waals surface area contributed by atoms with Crippen LogP contribution in [-0.2, 0) is 4.74 Å². The summed E-state index contributed by atoms with van der Waals surface area (Å²) < 4.78 is 5.44. The molecule has 6 nitrogen and oxygen atoms in total. The normalized spacial score (nSPS) is 18.9. The van der Waals surface area contributed by atoms with Crippen molar-refractivity contribution >= 4 is 17.6 Å². The summed E-state index contributed by atoms with van der Waals surface area (Å²) in [5.74, 6) is 0.892. The number of nitrogens with two attached hydrogens (primary N) is 1. The number of likely N-dealkylation sites (tertiary alicyclic amines) is 1. The fourth-order valence-electron chi connectivity index (χ4n) is 2.55. The summed E-state index contributed by atoms with van der Waals surface area (Å²) in [7, 11) is 0. The maximum atomic E-state index is 12.1. The predicted molar refractivity (Wildman–Crippen MR) is 87.7 cm³/mol. The number of piperidine rings is 1. The number of nitrogens with one attached hydrogen (secondary N) is 1. The van der Waals surface area contributed by atoms with Crippen molar-refractivity contribution < 1.29 is 9.53 Å². The van der Waals surface area contributed by atoms with Crippen LogP contribution in [0.3, 0.4) is 0 Å². The highest BCUT2D eigenvalue weighted by Crippen LogP contribution is 2.21. The number of carbonyl (C=O) groups excluding carboxylic acids is 1. The topological polar surface area (TPSA) is 80.5 Å². The van der Waals surface area contributed by atoms with Gasteiger partial charge in [0.1, 0.15) is 11.4 Å². The highest BCUT2D eigenvalue weighted by Gasteiger charge is 2.27. The van der Waals surface area contributed by atoms with Gasteiger partial charge in [-0.1, -0.05) is 0 Å². The molecule has 6 heteroatoms. The molecule has 1 saturated heterocycles. The Morgan fingerprint density at radius 2 is 2.32 bits per heavy atom. The van der Waals surface area contributed by atoms with Gasteiger partial charge in [-0.05, 0) is 51.7 Å². The Balaban J connectivity index is 1.86. The Labute approximate surface area is 132 Å². The molecule has 1 aliphatic rings. The first-order valence-corrected chi connectivity index (χ1v) is 7.77. The van der Waals surface area contributed by atoms with Crippen LogP contribution >= 0.6 is 0 Å². The third kappa shape index (κ3) is 4.79. The van der Waals surface area contributed by atoms with E-state index >= 15 is 0 Å². The molecule has 0 spiro atoms. The quantitative estimate of drug-likeness (QED) is 0.897. The lowest BCUT2D eigenvalue weighted by Crippen LogP contribution is -2.44. The van der Waals surface area contributed by atoms with Crippen LogP contribution in [0.4, 0.5) is 16.3 Å². The number of ether oxygens (including phenoxy) is 1. The SMILES string of the molecule is CC(C)(C)OC(=O)N1CCCC(CNc2cccnc2N)C1. The van der Waals surface area contributed by atoms with Gasteiger partial charge < -0.3 is 20.7 Å². The largest absolute Gasteiger partial charge is 0.444 e.